The van der Waals surface area contributed by atoms with Crippen LogP contribution in [0.5, 0.6) is 5.75 Å². The van der Waals surface area contributed by atoms with Crippen LogP contribution in [0.2, 0.25) is 0 Å². The molecule has 0 saturated heterocycles. The van der Waals surface area contributed by atoms with Crippen molar-refractivity contribution in [2.24, 2.45) is 17.4 Å². The third kappa shape index (κ3) is 11.7. The molecule has 0 bridgehead atoms. The second-order valence-corrected chi connectivity index (χ2v) is 10.4. The summed E-state index contributed by atoms with van der Waals surface area (Å²) in [7, 11) is 0. The highest BCUT2D eigenvalue weighted by molar-refractivity contribution is 7.98. The summed E-state index contributed by atoms with van der Waals surface area (Å²) in [6.45, 7) is 4.21. The number of benzene rings is 1. The summed E-state index contributed by atoms with van der Waals surface area (Å²) in [6, 6.07) is 2.07. The molecule has 0 fully saturated rings. The van der Waals surface area contributed by atoms with E-state index in [0.29, 0.717) is 43.5 Å². The number of aliphatic carboxylic acids is 1. The molecule has 0 heterocycles. The highest BCUT2D eigenvalue weighted by Crippen LogP contribution is 2.12. The second-order valence-electron chi connectivity index (χ2n) is 9.37. The summed E-state index contributed by atoms with van der Waals surface area (Å²) in [4.78, 5) is 50.9. The average Bonchev–Trinajstić information content (AvgIpc) is 2.89. The van der Waals surface area contributed by atoms with Gasteiger partial charge in [-0.3, -0.25) is 14.4 Å². The Morgan fingerprint density at radius 2 is 1.47 bits per heavy atom. The second kappa shape index (κ2) is 17.6. The number of unbranched alkanes of at least 4 members (excludes halogenated alkanes) is 1. The van der Waals surface area contributed by atoms with E-state index in [1.807, 2.05) is 20.1 Å². The van der Waals surface area contributed by atoms with Gasteiger partial charge >= 0.3 is 5.97 Å². The van der Waals surface area contributed by atoms with Gasteiger partial charge in [-0.2, -0.15) is 11.8 Å². The summed E-state index contributed by atoms with van der Waals surface area (Å²) in [5.41, 5.74) is 12.2. The number of phenolic OH excluding ortho intramolecular Hbond substituents is 1. The third-order valence-corrected chi connectivity index (χ3v) is 7.02. The molecule has 0 spiro atoms. The predicted octanol–water partition coefficient (Wildman–Crippen LogP) is 0.729. The zero-order valence-corrected chi connectivity index (χ0v) is 23.3. The van der Waals surface area contributed by atoms with Crippen molar-refractivity contribution in [2.75, 3.05) is 18.6 Å². The van der Waals surface area contributed by atoms with Gasteiger partial charge in [-0.05, 0) is 67.9 Å². The standard InChI is InChI=1S/C26H43N5O6S/c1-4-16(2)22(28)25(35)30-19(7-5-6-13-27)23(33)29-20(12-14-38-3)24(34)31-21(26(36)37)15-17-8-10-18(32)11-9-17/h8-11,16,19-22,32H,4-7,12-15,27-28H2,1-3H3,(H,29,33)(H,30,35)(H,31,34)(H,36,37). The minimum atomic E-state index is -1.24. The van der Waals surface area contributed by atoms with Gasteiger partial charge in [0.15, 0.2) is 0 Å². The molecular weight excluding hydrogens is 510 g/mol. The number of amides is 3. The molecule has 0 aliphatic rings. The van der Waals surface area contributed by atoms with Crippen LogP contribution >= 0.6 is 11.8 Å². The fraction of sp³-hybridized carbons (Fsp3) is 0.615. The minimum absolute atomic E-state index is 0.00415. The summed E-state index contributed by atoms with van der Waals surface area (Å²) >= 11 is 1.48. The van der Waals surface area contributed by atoms with Crippen LogP contribution in [-0.4, -0.2) is 76.6 Å². The SMILES string of the molecule is CCC(C)C(N)C(=O)NC(CCCCN)C(=O)NC(CCSC)C(=O)NC(Cc1ccc(O)cc1)C(=O)O. The van der Waals surface area contributed by atoms with Gasteiger partial charge in [-0.15, -0.1) is 0 Å². The molecule has 0 saturated carbocycles. The molecule has 5 atom stereocenters. The first-order chi connectivity index (χ1) is 18.0. The Labute approximate surface area is 228 Å². The lowest BCUT2D eigenvalue weighted by Gasteiger charge is -2.26. The number of carboxylic acids is 1. The number of phenols is 1. The molecule has 0 aromatic heterocycles. The molecule has 0 aliphatic carbocycles. The van der Waals surface area contributed by atoms with Crippen LogP contribution in [0.4, 0.5) is 0 Å². The molecule has 214 valence electrons. The van der Waals surface area contributed by atoms with E-state index in [9.17, 15) is 29.4 Å². The summed E-state index contributed by atoms with van der Waals surface area (Å²) in [5.74, 6) is -2.35. The molecule has 1 aromatic rings. The van der Waals surface area contributed by atoms with Gasteiger partial charge in [0.25, 0.3) is 0 Å². The number of carboxylic acid groups (broad SMARTS) is 1. The third-order valence-electron chi connectivity index (χ3n) is 6.37. The molecule has 11 nitrogen and oxygen atoms in total. The minimum Gasteiger partial charge on any atom is -0.508 e. The van der Waals surface area contributed by atoms with E-state index < -0.39 is 47.9 Å². The van der Waals surface area contributed by atoms with Crippen molar-refractivity contribution in [3.05, 3.63) is 29.8 Å². The normalized spacial score (nSPS) is 15.0. The van der Waals surface area contributed by atoms with Crippen molar-refractivity contribution in [1.82, 2.24) is 16.0 Å². The maximum atomic E-state index is 13.2. The first kappa shape index (κ1) is 33.2. The van der Waals surface area contributed by atoms with Gasteiger partial charge in [0.1, 0.15) is 23.9 Å². The highest BCUT2D eigenvalue weighted by Gasteiger charge is 2.30. The first-order valence-corrected chi connectivity index (χ1v) is 14.3. The zero-order valence-electron chi connectivity index (χ0n) is 22.4. The fourth-order valence-corrected chi connectivity index (χ4v) is 4.13. The Bertz CT molecular complexity index is 901. The monoisotopic (exact) mass is 553 g/mol. The van der Waals surface area contributed by atoms with Gasteiger partial charge in [0.2, 0.25) is 17.7 Å². The van der Waals surface area contributed by atoms with Gasteiger partial charge in [-0.25, -0.2) is 4.79 Å². The molecule has 0 aliphatic heterocycles. The van der Waals surface area contributed by atoms with Crippen LogP contribution < -0.4 is 27.4 Å². The molecule has 0 radical (unpaired) electrons. The van der Waals surface area contributed by atoms with E-state index in [1.54, 1.807) is 12.1 Å². The van der Waals surface area contributed by atoms with E-state index >= 15 is 0 Å². The predicted molar refractivity (Wildman–Crippen MR) is 149 cm³/mol. The average molecular weight is 554 g/mol. The van der Waals surface area contributed by atoms with Gasteiger partial charge in [0, 0.05) is 6.42 Å². The van der Waals surface area contributed by atoms with Crippen LogP contribution in [0.15, 0.2) is 24.3 Å². The fourth-order valence-electron chi connectivity index (χ4n) is 3.66. The molecule has 38 heavy (non-hydrogen) atoms. The summed E-state index contributed by atoms with van der Waals surface area (Å²) in [6.07, 6.45) is 4.37. The van der Waals surface area contributed by atoms with Crippen molar-refractivity contribution >= 4 is 35.5 Å². The number of nitrogens with two attached hydrogens (primary N) is 2. The molecular formula is C26H43N5O6S. The maximum Gasteiger partial charge on any atom is 0.326 e. The topological polar surface area (TPSA) is 197 Å². The zero-order chi connectivity index (χ0) is 28.7. The highest BCUT2D eigenvalue weighted by atomic mass is 32.2. The van der Waals surface area contributed by atoms with Crippen LogP contribution in [0.3, 0.4) is 0 Å². The molecule has 3 amide bonds. The lowest BCUT2D eigenvalue weighted by atomic mass is 9.98. The number of nitrogens with one attached hydrogen (secondary N) is 3. The van der Waals surface area contributed by atoms with Crippen molar-refractivity contribution in [3.8, 4) is 5.75 Å². The quantitative estimate of drug-likeness (QED) is 0.128. The number of hydrogen-bond acceptors (Lipinski definition) is 8. The van der Waals surface area contributed by atoms with E-state index in [2.05, 4.69) is 16.0 Å². The van der Waals surface area contributed by atoms with Gasteiger partial charge in [-0.1, -0.05) is 32.4 Å². The van der Waals surface area contributed by atoms with Gasteiger partial charge in [0.05, 0.1) is 6.04 Å². The number of rotatable bonds is 18. The number of hydrogen-bond donors (Lipinski definition) is 7. The molecule has 12 heteroatoms. The molecule has 9 N–H and O–H groups in total. The Morgan fingerprint density at radius 1 is 0.921 bits per heavy atom. The largest absolute Gasteiger partial charge is 0.508 e. The number of carbonyl (C=O) groups excluding carboxylic acids is 3. The maximum absolute atomic E-state index is 13.2. The van der Waals surface area contributed by atoms with Crippen LogP contribution in [0, 0.1) is 5.92 Å². The summed E-state index contributed by atoms with van der Waals surface area (Å²) in [5, 5.41) is 27.1. The number of thioether (sulfide) groups is 1. The smallest absolute Gasteiger partial charge is 0.326 e. The lowest BCUT2D eigenvalue weighted by Crippen LogP contribution is -2.57. The molecule has 5 unspecified atom stereocenters. The van der Waals surface area contributed by atoms with E-state index in [0.717, 1.165) is 0 Å². The first-order valence-electron chi connectivity index (χ1n) is 12.9. The van der Waals surface area contributed by atoms with Crippen molar-refractivity contribution in [3.63, 3.8) is 0 Å². The van der Waals surface area contributed by atoms with Crippen LogP contribution in [-0.2, 0) is 25.6 Å². The number of aromatic hydroxyl groups is 1. The Balaban J connectivity index is 3.01. The van der Waals surface area contributed by atoms with Crippen molar-refractivity contribution in [2.45, 2.75) is 76.5 Å². The summed E-state index contributed by atoms with van der Waals surface area (Å²) < 4.78 is 0. The van der Waals surface area contributed by atoms with E-state index in [4.69, 9.17) is 11.5 Å². The van der Waals surface area contributed by atoms with E-state index in [1.165, 1.54) is 23.9 Å². The Morgan fingerprint density at radius 3 is 2.00 bits per heavy atom. The van der Waals surface area contributed by atoms with Gasteiger partial charge < -0.3 is 37.6 Å². The van der Waals surface area contributed by atoms with Crippen LogP contribution in [0.1, 0.15) is 51.5 Å². The van der Waals surface area contributed by atoms with Crippen molar-refractivity contribution in [1.29, 1.82) is 0 Å². The van der Waals surface area contributed by atoms with E-state index in [-0.39, 0.29) is 24.5 Å². The molecule has 1 aromatic carbocycles. The lowest BCUT2D eigenvalue weighted by molar-refractivity contribution is -0.142. The number of carbonyl (C=O) groups is 4. The van der Waals surface area contributed by atoms with Crippen LogP contribution in [0.25, 0.3) is 0 Å². The Hall–Kier alpha value is -2.83. The van der Waals surface area contributed by atoms with Crippen molar-refractivity contribution < 1.29 is 29.4 Å². The Kier molecular flexibility index (Phi) is 15.4. The molecule has 1 rings (SSSR count).